The molecule has 0 radical (unpaired) electrons. The first kappa shape index (κ1) is 41.4. The molecule has 0 saturated carbocycles. The van der Waals surface area contributed by atoms with Crippen molar-refractivity contribution in [3.8, 4) is 0 Å². The van der Waals surface area contributed by atoms with E-state index in [0.29, 0.717) is 13.0 Å². The Morgan fingerprint density at radius 1 is 0.500 bits per heavy atom. The van der Waals surface area contributed by atoms with Crippen LogP contribution < -0.4 is 0 Å². The van der Waals surface area contributed by atoms with Gasteiger partial charge in [0.05, 0.1) is 6.61 Å². The summed E-state index contributed by atoms with van der Waals surface area (Å²) in [5.74, 6) is 0.764. The van der Waals surface area contributed by atoms with Gasteiger partial charge in [-0.05, 0) is 58.8 Å². The number of rotatable bonds is 34. The second kappa shape index (κ2) is 33.3. The van der Waals surface area contributed by atoms with Crippen LogP contribution >= 0.6 is 0 Å². The van der Waals surface area contributed by atoms with Crippen molar-refractivity contribution >= 4 is 5.97 Å². The van der Waals surface area contributed by atoms with Crippen LogP contribution in [0.4, 0.5) is 0 Å². The van der Waals surface area contributed by atoms with Gasteiger partial charge in [0.25, 0.3) is 0 Å². The minimum atomic E-state index is 0.0282. The van der Waals surface area contributed by atoms with Crippen LogP contribution in [-0.4, -0.2) is 62.7 Å². The number of likely N-dealkylation sites (N-methyl/N-ethyl adjacent to an activating group) is 1. The molecule has 42 heavy (non-hydrogen) atoms. The Bertz CT molecular complexity index is 523. The molecular formula is C38H78N2O2. The molecule has 0 aromatic carbocycles. The molecule has 0 N–H and O–H groups in total. The maximum Gasteiger partial charge on any atom is 0.305 e. The van der Waals surface area contributed by atoms with Gasteiger partial charge in [0.15, 0.2) is 0 Å². The number of carbonyl (C=O) groups is 1. The standard InChI is InChI=1S/C38H78N2O2/c1-6-9-12-15-18-21-26-32-40(35-34-39(4)5)33-27-22-25-30-38(41)42-36-31-37(28-23-19-16-13-10-7-2)29-24-20-17-14-11-8-3/h37H,6-36H2,1-5H3. The molecule has 0 aromatic heterocycles. The Morgan fingerprint density at radius 3 is 1.40 bits per heavy atom. The highest BCUT2D eigenvalue weighted by Crippen LogP contribution is 2.22. The molecule has 0 spiro atoms. The van der Waals surface area contributed by atoms with Gasteiger partial charge in [0, 0.05) is 19.5 Å². The number of unbranched alkanes of at least 4 members (excludes halogenated alkanes) is 18. The zero-order valence-corrected chi connectivity index (χ0v) is 29.7. The summed E-state index contributed by atoms with van der Waals surface area (Å²) in [6, 6.07) is 0. The SMILES string of the molecule is CCCCCCCCCN(CCCCCC(=O)OCCC(CCCCCCCC)CCCCCCCC)CCN(C)C. The Kier molecular flexibility index (Phi) is 32.8. The van der Waals surface area contributed by atoms with Gasteiger partial charge in [-0.2, -0.15) is 0 Å². The summed E-state index contributed by atoms with van der Waals surface area (Å²) < 4.78 is 5.73. The first-order chi connectivity index (χ1) is 20.5. The van der Waals surface area contributed by atoms with E-state index in [0.717, 1.165) is 44.8 Å². The molecule has 0 fully saturated rings. The fourth-order valence-corrected chi connectivity index (χ4v) is 6.02. The molecule has 0 amide bonds. The molecular weight excluding hydrogens is 516 g/mol. The summed E-state index contributed by atoms with van der Waals surface area (Å²) >= 11 is 0. The summed E-state index contributed by atoms with van der Waals surface area (Å²) in [5, 5.41) is 0. The fourth-order valence-electron chi connectivity index (χ4n) is 6.02. The smallest absolute Gasteiger partial charge is 0.305 e. The van der Waals surface area contributed by atoms with Gasteiger partial charge in [0.1, 0.15) is 0 Å². The molecule has 4 heteroatoms. The van der Waals surface area contributed by atoms with Crippen molar-refractivity contribution in [3.63, 3.8) is 0 Å². The van der Waals surface area contributed by atoms with E-state index in [-0.39, 0.29) is 5.97 Å². The Balaban J connectivity index is 4.16. The van der Waals surface area contributed by atoms with Crippen LogP contribution in [0, 0.1) is 5.92 Å². The third-order valence-electron chi connectivity index (χ3n) is 9.02. The van der Waals surface area contributed by atoms with Gasteiger partial charge < -0.3 is 14.5 Å². The maximum atomic E-state index is 12.5. The average molecular weight is 595 g/mol. The Morgan fingerprint density at radius 2 is 0.929 bits per heavy atom. The molecule has 0 heterocycles. The number of carbonyl (C=O) groups excluding carboxylic acids is 1. The van der Waals surface area contributed by atoms with Crippen molar-refractivity contribution in [1.29, 1.82) is 0 Å². The summed E-state index contributed by atoms with van der Waals surface area (Å²) in [6.45, 7) is 12.2. The van der Waals surface area contributed by atoms with E-state index in [2.05, 4.69) is 44.7 Å². The van der Waals surface area contributed by atoms with Crippen molar-refractivity contribution in [2.45, 2.75) is 188 Å². The van der Waals surface area contributed by atoms with E-state index in [1.54, 1.807) is 0 Å². The Labute approximate surface area is 265 Å². The van der Waals surface area contributed by atoms with Gasteiger partial charge in [-0.25, -0.2) is 0 Å². The minimum Gasteiger partial charge on any atom is -0.466 e. The van der Waals surface area contributed by atoms with Crippen LogP contribution in [-0.2, 0) is 9.53 Å². The lowest BCUT2D eigenvalue weighted by atomic mass is 9.91. The predicted octanol–water partition coefficient (Wildman–Crippen LogP) is 11.2. The zero-order chi connectivity index (χ0) is 30.9. The van der Waals surface area contributed by atoms with E-state index in [1.165, 1.54) is 148 Å². The zero-order valence-electron chi connectivity index (χ0n) is 29.7. The predicted molar refractivity (Wildman–Crippen MR) is 187 cm³/mol. The van der Waals surface area contributed by atoms with E-state index in [1.807, 2.05) is 0 Å². The number of ether oxygens (including phenoxy) is 1. The first-order valence-electron chi connectivity index (χ1n) is 19.1. The summed E-state index contributed by atoms with van der Waals surface area (Å²) in [5.41, 5.74) is 0. The van der Waals surface area contributed by atoms with Crippen molar-refractivity contribution in [2.24, 2.45) is 5.92 Å². The molecule has 0 bridgehead atoms. The molecule has 0 atom stereocenters. The first-order valence-corrected chi connectivity index (χ1v) is 19.1. The highest BCUT2D eigenvalue weighted by molar-refractivity contribution is 5.69. The van der Waals surface area contributed by atoms with Crippen molar-refractivity contribution in [2.75, 3.05) is 46.9 Å². The second-order valence-corrected chi connectivity index (χ2v) is 13.6. The number of nitrogens with zero attached hydrogens (tertiary/aromatic N) is 2. The van der Waals surface area contributed by atoms with Crippen molar-refractivity contribution in [1.82, 2.24) is 9.80 Å². The normalized spacial score (nSPS) is 11.8. The van der Waals surface area contributed by atoms with Crippen LogP contribution in [0.5, 0.6) is 0 Å². The van der Waals surface area contributed by atoms with E-state index in [4.69, 9.17) is 4.74 Å². The monoisotopic (exact) mass is 595 g/mol. The molecule has 4 nitrogen and oxygen atoms in total. The maximum absolute atomic E-state index is 12.5. The highest BCUT2D eigenvalue weighted by atomic mass is 16.5. The van der Waals surface area contributed by atoms with Gasteiger partial charge >= 0.3 is 5.97 Å². The summed E-state index contributed by atoms with van der Waals surface area (Å²) in [4.78, 5) is 17.4. The lowest BCUT2D eigenvalue weighted by molar-refractivity contribution is -0.144. The van der Waals surface area contributed by atoms with E-state index in [9.17, 15) is 4.79 Å². The topological polar surface area (TPSA) is 32.8 Å². The molecule has 0 aliphatic rings. The quantitative estimate of drug-likeness (QED) is 0.0548. The molecule has 0 aliphatic heterocycles. The molecule has 252 valence electrons. The van der Waals surface area contributed by atoms with Crippen LogP contribution in [0.1, 0.15) is 188 Å². The van der Waals surface area contributed by atoms with E-state index < -0.39 is 0 Å². The number of esters is 1. The van der Waals surface area contributed by atoms with Gasteiger partial charge in [-0.15, -0.1) is 0 Å². The highest BCUT2D eigenvalue weighted by Gasteiger charge is 2.11. The van der Waals surface area contributed by atoms with Gasteiger partial charge in [-0.3, -0.25) is 4.79 Å². The van der Waals surface area contributed by atoms with Crippen LogP contribution in [0.2, 0.25) is 0 Å². The molecule has 0 unspecified atom stereocenters. The van der Waals surface area contributed by atoms with E-state index >= 15 is 0 Å². The molecule has 0 rings (SSSR count). The second-order valence-electron chi connectivity index (χ2n) is 13.6. The van der Waals surface area contributed by atoms with Crippen LogP contribution in [0.3, 0.4) is 0 Å². The van der Waals surface area contributed by atoms with Gasteiger partial charge in [0.2, 0.25) is 0 Å². The molecule has 0 saturated heterocycles. The number of hydrogen-bond acceptors (Lipinski definition) is 4. The Hall–Kier alpha value is -0.610. The molecule has 0 aromatic rings. The lowest BCUT2D eigenvalue weighted by Crippen LogP contribution is -2.33. The molecule has 0 aliphatic carbocycles. The minimum absolute atomic E-state index is 0.0282. The lowest BCUT2D eigenvalue weighted by Gasteiger charge is -2.24. The van der Waals surface area contributed by atoms with Crippen LogP contribution in [0.15, 0.2) is 0 Å². The van der Waals surface area contributed by atoms with Crippen molar-refractivity contribution in [3.05, 3.63) is 0 Å². The fraction of sp³-hybridized carbons (Fsp3) is 0.974. The van der Waals surface area contributed by atoms with Crippen LogP contribution in [0.25, 0.3) is 0 Å². The van der Waals surface area contributed by atoms with Gasteiger partial charge in [-0.1, -0.05) is 156 Å². The summed E-state index contributed by atoms with van der Waals surface area (Å²) in [7, 11) is 4.34. The number of hydrogen-bond donors (Lipinski definition) is 0. The third kappa shape index (κ3) is 30.8. The summed E-state index contributed by atoms with van der Waals surface area (Å²) in [6.07, 6.45) is 33.6. The van der Waals surface area contributed by atoms with Crippen molar-refractivity contribution < 1.29 is 9.53 Å². The largest absolute Gasteiger partial charge is 0.466 e. The average Bonchev–Trinajstić information content (AvgIpc) is 2.97. The third-order valence-corrected chi connectivity index (χ3v) is 9.02.